The van der Waals surface area contributed by atoms with Crippen LogP contribution in [0.5, 0.6) is 0 Å². The molecule has 0 aliphatic carbocycles. The van der Waals surface area contributed by atoms with Crippen molar-refractivity contribution in [3.63, 3.8) is 0 Å². The molecule has 0 unspecified atom stereocenters. The molecule has 0 fully saturated rings. The molecule has 0 N–H and O–H groups in total. The summed E-state index contributed by atoms with van der Waals surface area (Å²) in [6, 6.07) is 7.11. The molecule has 3 heteroatoms. The predicted octanol–water partition coefficient (Wildman–Crippen LogP) is 3.18. The highest BCUT2D eigenvalue weighted by molar-refractivity contribution is 14.2. The summed E-state index contributed by atoms with van der Waals surface area (Å²) in [5.74, 6) is 0.458. The summed E-state index contributed by atoms with van der Waals surface area (Å²) >= 11 is -3.24. The van der Waals surface area contributed by atoms with Gasteiger partial charge < -0.3 is 0 Å². The fraction of sp³-hybridized carbons (Fsp3) is 0.333. The van der Waals surface area contributed by atoms with Crippen LogP contribution >= 0.6 is 19.8 Å². The minimum atomic E-state index is -3.24. The maximum Gasteiger partial charge on any atom is 0.340 e. The van der Waals surface area contributed by atoms with E-state index in [0.29, 0.717) is 9.49 Å². The third-order valence-electron chi connectivity index (χ3n) is 1.71. The van der Waals surface area contributed by atoms with Crippen molar-refractivity contribution in [1.82, 2.24) is 0 Å². The maximum absolute atomic E-state index is 10.6. The van der Waals surface area contributed by atoms with Gasteiger partial charge in [-0.15, -0.1) is 0 Å². The van der Waals surface area contributed by atoms with Crippen LogP contribution in [-0.2, 0) is 6.14 Å². The van der Waals surface area contributed by atoms with Crippen LogP contribution in [0.25, 0.3) is 0 Å². The summed E-state index contributed by atoms with van der Waals surface area (Å²) in [5, 5.41) is 0. The molecule has 1 aromatic carbocycles. The predicted molar refractivity (Wildman–Crippen MR) is 54.6 cm³/mol. The summed E-state index contributed by atoms with van der Waals surface area (Å²) in [6.45, 7) is 4.17. The average molecular weight is 278 g/mol. The van der Waals surface area contributed by atoms with E-state index < -0.39 is 19.8 Å². The van der Waals surface area contributed by atoms with Gasteiger partial charge in [0.05, 0.1) is 3.57 Å². The second-order valence-corrected chi connectivity index (χ2v) is 5.41. The minimum absolute atomic E-state index is 0.458. The molecule has 0 spiro atoms. The molecule has 0 saturated carbocycles. The quantitative estimate of drug-likeness (QED) is 0.778. The van der Waals surface area contributed by atoms with Crippen LogP contribution in [0.1, 0.15) is 25.3 Å². The van der Waals surface area contributed by atoms with Crippen LogP contribution in [0.4, 0.5) is 0 Å². The zero-order valence-corrected chi connectivity index (χ0v) is 9.24. The summed E-state index contributed by atoms with van der Waals surface area (Å²) in [4.78, 5) is 0. The molecule has 1 rings (SSSR count). The van der Waals surface area contributed by atoms with Crippen molar-refractivity contribution in [2.24, 2.45) is 0 Å². The zero-order chi connectivity index (χ0) is 9.14. The van der Waals surface area contributed by atoms with Gasteiger partial charge in [0, 0.05) is 0 Å². The third kappa shape index (κ3) is 2.27. The first kappa shape index (κ1) is 9.64. The lowest BCUT2D eigenvalue weighted by molar-refractivity contribution is 0.610. The lowest BCUT2D eigenvalue weighted by atomic mass is 10.0. The van der Waals surface area contributed by atoms with Crippen molar-refractivity contribution in [3.8, 4) is 0 Å². The van der Waals surface area contributed by atoms with Gasteiger partial charge in [0.1, 0.15) is 0 Å². The maximum atomic E-state index is 10.6. The highest BCUT2D eigenvalue weighted by Gasteiger charge is 2.00. The fourth-order valence-electron chi connectivity index (χ4n) is 0.951. The van der Waals surface area contributed by atoms with Gasteiger partial charge in [-0.05, 0) is 23.6 Å². The van der Waals surface area contributed by atoms with Crippen LogP contribution < -0.4 is 0 Å². The minimum Gasteiger partial charge on any atom is -0.230 e. The van der Waals surface area contributed by atoms with Gasteiger partial charge in [-0.2, -0.15) is 0 Å². The van der Waals surface area contributed by atoms with Gasteiger partial charge in [0.15, 0.2) is 0 Å². The Morgan fingerprint density at radius 1 is 1.08 bits per heavy atom. The van der Waals surface area contributed by atoms with Gasteiger partial charge >= 0.3 is 19.8 Å². The normalized spacial score (nSPS) is 11.0. The molecule has 0 aromatic heterocycles. The molecular formula is C9H11IO2. The lowest BCUT2D eigenvalue weighted by Crippen LogP contribution is -1.85. The molecule has 12 heavy (non-hydrogen) atoms. The van der Waals surface area contributed by atoms with Gasteiger partial charge in [-0.3, -0.25) is 0 Å². The molecule has 0 atom stereocenters. The molecule has 2 nitrogen and oxygen atoms in total. The molecule has 0 aliphatic heterocycles. The number of halogens is 1. The van der Waals surface area contributed by atoms with Crippen molar-refractivity contribution < 1.29 is 6.14 Å². The summed E-state index contributed by atoms with van der Waals surface area (Å²) in [5.41, 5.74) is 1.18. The van der Waals surface area contributed by atoms with Crippen LogP contribution in [0, 0.1) is 3.57 Å². The Morgan fingerprint density at radius 3 is 1.92 bits per heavy atom. The molecule has 0 bridgehead atoms. The molecule has 0 heterocycles. The molecule has 66 valence electrons. The van der Waals surface area contributed by atoms with Crippen molar-refractivity contribution in [2.75, 3.05) is 0 Å². The third-order valence-corrected chi connectivity index (χ3v) is 3.45. The number of rotatable bonds is 2. The van der Waals surface area contributed by atoms with Crippen molar-refractivity contribution >= 4 is 19.8 Å². The molecule has 0 radical (unpaired) electrons. The molecule has 0 saturated heterocycles. The Hall–Kier alpha value is -0.450. The van der Waals surface area contributed by atoms with E-state index in [4.69, 9.17) is 0 Å². The van der Waals surface area contributed by atoms with E-state index in [2.05, 4.69) is 13.8 Å². The van der Waals surface area contributed by atoms with Gasteiger partial charge in [0.25, 0.3) is 0 Å². The van der Waals surface area contributed by atoms with E-state index in [0.717, 1.165) is 0 Å². The van der Waals surface area contributed by atoms with E-state index in [-0.39, 0.29) is 0 Å². The Balaban J connectivity index is 3.01. The summed E-state index contributed by atoms with van der Waals surface area (Å²) in [7, 11) is 0. The Kier molecular flexibility index (Phi) is 3.20. The highest BCUT2D eigenvalue weighted by Crippen LogP contribution is 2.20. The highest BCUT2D eigenvalue weighted by atomic mass is 127. The second kappa shape index (κ2) is 3.98. The Morgan fingerprint density at radius 2 is 1.58 bits per heavy atom. The van der Waals surface area contributed by atoms with E-state index in [9.17, 15) is 6.14 Å². The van der Waals surface area contributed by atoms with Gasteiger partial charge in [-0.25, -0.2) is 6.14 Å². The van der Waals surface area contributed by atoms with Gasteiger partial charge in [-0.1, -0.05) is 26.0 Å². The smallest absolute Gasteiger partial charge is 0.230 e. The topological polar surface area (TPSA) is 34.1 Å². The number of hydrogen-bond acceptors (Lipinski definition) is 2. The van der Waals surface area contributed by atoms with E-state index in [1.165, 1.54) is 5.56 Å². The first-order valence-electron chi connectivity index (χ1n) is 3.76. The Bertz CT molecular complexity index is 315. The molecule has 0 aliphatic rings. The fourth-order valence-corrected chi connectivity index (χ4v) is 1.90. The lowest BCUT2D eigenvalue weighted by Gasteiger charge is -2.03. The van der Waals surface area contributed by atoms with Crippen molar-refractivity contribution in [3.05, 3.63) is 33.4 Å². The van der Waals surface area contributed by atoms with Crippen LogP contribution in [-0.4, -0.2) is 0 Å². The van der Waals surface area contributed by atoms with Crippen molar-refractivity contribution in [1.29, 1.82) is 0 Å². The standard InChI is InChI=1S/C9H11IO2/c1-7(2)8-3-5-9(6-4-8)10(11)12/h3-7H,1-2H3. The average Bonchev–Trinajstić information content (AvgIpc) is 2.04. The molecule has 0 amide bonds. The summed E-state index contributed by atoms with van der Waals surface area (Å²) in [6.07, 6.45) is 0. The van der Waals surface area contributed by atoms with E-state index >= 15 is 0 Å². The van der Waals surface area contributed by atoms with Crippen LogP contribution in [0.2, 0.25) is 0 Å². The molecule has 1 aromatic rings. The largest absolute Gasteiger partial charge is 0.340 e. The monoisotopic (exact) mass is 278 g/mol. The molecular weight excluding hydrogens is 267 g/mol. The first-order valence-corrected chi connectivity index (χ1v) is 6.60. The number of benzene rings is 1. The summed E-state index contributed by atoms with van der Waals surface area (Å²) < 4.78 is 21.7. The van der Waals surface area contributed by atoms with E-state index in [1.807, 2.05) is 12.1 Å². The van der Waals surface area contributed by atoms with Crippen LogP contribution in [0.15, 0.2) is 24.3 Å². The first-order chi connectivity index (χ1) is 5.61. The SMILES string of the molecule is CC(C)c1ccc(I(=O)=O)cc1. The van der Waals surface area contributed by atoms with Crippen LogP contribution in [0.3, 0.4) is 0 Å². The van der Waals surface area contributed by atoms with E-state index in [1.54, 1.807) is 12.1 Å². The second-order valence-electron chi connectivity index (χ2n) is 2.92. The Labute approximate surface area is 79.1 Å². The number of hydrogen-bond donors (Lipinski definition) is 0. The van der Waals surface area contributed by atoms with Gasteiger partial charge in [0.2, 0.25) is 0 Å². The zero-order valence-electron chi connectivity index (χ0n) is 7.08. The van der Waals surface area contributed by atoms with Crippen molar-refractivity contribution in [2.45, 2.75) is 19.8 Å².